The van der Waals surface area contributed by atoms with Crippen molar-refractivity contribution >= 4 is 0 Å². The zero-order chi connectivity index (χ0) is 20.4. The Labute approximate surface area is 184 Å². The third-order valence-corrected chi connectivity index (χ3v) is 5.79. The number of halogens is 1. The van der Waals surface area contributed by atoms with Gasteiger partial charge in [0.2, 0.25) is 0 Å². The van der Waals surface area contributed by atoms with Crippen molar-refractivity contribution in [1.29, 1.82) is 0 Å². The van der Waals surface area contributed by atoms with E-state index in [0.717, 1.165) is 17.6 Å². The van der Waals surface area contributed by atoms with Crippen LogP contribution in [0.5, 0.6) is 0 Å². The van der Waals surface area contributed by atoms with Gasteiger partial charge in [0, 0.05) is 0 Å². The van der Waals surface area contributed by atoms with E-state index in [1.807, 2.05) is 6.92 Å². The molecule has 2 atom stereocenters. The number of aliphatic hydroxyl groups excluding tert-OH is 1. The van der Waals surface area contributed by atoms with Gasteiger partial charge in [0.05, 0.1) is 32.8 Å². The fourth-order valence-corrected chi connectivity index (χ4v) is 3.86. The van der Waals surface area contributed by atoms with Gasteiger partial charge in [-0.2, -0.15) is 5.43 Å². The number of hydrogen-bond acceptors (Lipinski definition) is 2. The second kappa shape index (κ2) is 20.4. The largest absolute Gasteiger partial charge is 1.00 e. The molecule has 0 heterocycles. The molecular formula is C24H53ClN2O. The quantitative estimate of drug-likeness (QED) is 0.179. The highest BCUT2D eigenvalue weighted by Gasteiger charge is 2.24. The molecule has 0 aromatic heterocycles. The molecule has 2 N–H and O–H groups in total. The summed E-state index contributed by atoms with van der Waals surface area (Å²) in [6.45, 7) is 7.58. The summed E-state index contributed by atoms with van der Waals surface area (Å²) >= 11 is 0. The average Bonchev–Trinajstić information content (AvgIpc) is 2.62. The number of nitrogens with zero attached hydrogens (tertiary/aromatic N) is 1. The van der Waals surface area contributed by atoms with Crippen LogP contribution in [0.1, 0.15) is 124 Å². The van der Waals surface area contributed by atoms with Crippen LogP contribution in [-0.4, -0.2) is 42.5 Å². The lowest BCUT2D eigenvalue weighted by Crippen LogP contribution is -3.00. The molecule has 0 rings (SSSR count). The van der Waals surface area contributed by atoms with E-state index in [4.69, 9.17) is 0 Å². The van der Waals surface area contributed by atoms with Crippen LogP contribution in [0.15, 0.2) is 0 Å². The van der Waals surface area contributed by atoms with E-state index in [1.54, 1.807) is 0 Å². The van der Waals surface area contributed by atoms with Crippen molar-refractivity contribution in [3.05, 3.63) is 0 Å². The minimum Gasteiger partial charge on any atom is -1.00 e. The molecule has 0 aliphatic rings. The molecule has 0 saturated heterocycles. The van der Waals surface area contributed by atoms with Crippen LogP contribution in [0.2, 0.25) is 0 Å². The maximum Gasteiger partial charge on any atom is 0.0957 e. The zero-order valence-electron chi connectivity index (χ0n) is 19.9. The highest BCUT2D eigenvalue weighted by Crippen LogP contribution is 2.14. The van der Waals surface area contributed by atoms with E-state index in [9.17, 15) is 5.11 Å². The van der Waals surface area contributed by atoms with Gasteiger partial charge in [-0.15, -0.1) is 0 Å². The molecule has 0 radical (unpaired) electrons. The molecule has 2 unspecified atom stereocenters. The SMILES string of the molecule is CCCCCCCCCCCCCCCC(N[N+](C)(C)CCCC)C(C)O.[Cl-]. The maximum absolute atomic E-state index is 10.1. The smallest absolute Gasteiger partial charge is 0.0957 e. The molecule has 172 valence electrons. The molecule has 0 saturated carbocycles. The maximum atomic E-state index is 10.1. The summed E-state index contributed by atoms with van der Waals surface area (Å²) in [4.78, 5) is 0. The van der Waals surface area contributed by atoms with E-state index < -0.39 is 0 Å². The van der Waals surface area contributed by atoms with Crippen molar-refractivity contribution in [2.75, 3.05) is 20.6 Å². The average molecular weight is 421 g/mol. The molecule has 0 spiro atoms. The standard InChI is InChI=1S/C24H53N2O.ClH/c1-6-8-10-11-12-13-14-15-16-17-18-19-20-21-24(23(3)27)25-26(4,5)22-9-7-2;/h23-25,27H,6-22H2,1-5H3;1H/q+1;/p-1. The number of hydrogen-bond donors (Lipinski definition) is 2. The van der Waals surface area contributed by atoms with Gasteiger partial charge in [0.25, 0.3) is 0 Å². The van der Waals surface area contributed by atoms with Crippen molar-refractivity contribution < 1.29 is 22.1 Å². The normalized spacial score (nSPS) is 13.9. The van der Waals surface area contributed by atoms with E-state index in [2.05, 4.69) is 33.4 Å². The molecule has 0 aliphatic carbocycles. The third-order valence-electron chi connectivity index (χ3n) is 5.79. The summed E-state index contributed by atoms with van der Waals surface area (Å²) in [5.41, 5.74) is 3.66. The Morgan fingerprint density at radius 3 is 1.46 bits per heavy atom. The predicted molar refractivity (Wildman–Crippen MR) is 121 cm³/mol. The van der Waals surface area contributed by atoms with Gasteiger partial charge >= 0.3 is 0 Å². The van der Waals surface area contributed by atoms with E-state index in [0.29, 0.717) is 0 Å². The first-order chi connectivity index (χ1) is 12.9. The van der Waals surface area contributed by atoms with Crippen LogP contribution in [0, 0.1) is 0 Å². The van der Waals surface area contributed by atoms with Crippen molar-refractivity contribution in [2.45, 2.75) is 136 Å². The second-order valence-corrected chi connectivity index (χ2v) is 9.27. The molecule has 4 heteroatoms. The van der Waals surface area contributed by atoms with Gasteiger partial charge in [0.15, 0.2) is 0 Å². The monoisotopic (exact) mass is 420 g/mol. The fraction of sp³-hybridized carbons (Fsp3) is 1.00. The summed E-state index contributed by atoms with van der Waals surface area (Å²) in [7, 11) is 4.43. The van der Waals surface area contributed by atoms with Crippen LogP contribution in [0.3, 0.4) is 0 Å². The lowest BCUT2D eigenvalue weighted by Gasteiger charge is -2.35. The van der Waals surface area contributed by atoms with Gasteiger partial charge in [-0.05, 0) is 19.8 Å². The van der Waals surface area contributed by atoms with Gasteiger partial charge in [0.1, 0.15) is 0 Å². The molecule has 0 bridgehead atoms. The zero-order valence-corrected chi connectivity index (χ0v) is 20.7. The predicted octanol–water partition coefficient (Wildman–Crippen LogP) is 3.60. The molecule has 0 aromatic rings. The lowest BCUT2D eigenvalue weighted by molar-refractivity contribution is -0.937. The summed E-state index contributed by atoms with van der Waals surface area (Å²) in [6.07, 6.45) is 21.4. The minimum atomic E-state index is -0.277. The van der Waals surface area contributed by atoms with Crippen LogP contribution in [0.4, 0.5) is 0 Å². The molecule has 0 aromatic carbocycles. The molecule has 28 heavy (non-hydrogen) atoms. The Kier molecular flexibility index (Phi) is 22.2. The first-order valence-corrected chi connectivity index (χ1v) is 12.2. The van der Waals surface area contributed by atoms with Gasteiger partial charge in [-0.3, -0.25) is 4.59 Å². The van der Waals surface area contributed by atoms with E-state index >= 15 is 0 Å². The Morgan fingerprint density at radius 1 is 0.679 bits per heavy atom. The Hall–Kier alpha value is 0.170. The Morgan fingerprint density at radius 2 is 1.07 bits per heavy atom. The van der Waals surface area contributed by atoms with Crippen molar-refractivity contribution in [2.24, 2.45) is 0 Å². The number of unbranched alkanes of at least 4 members (excludes halogenated alkanes) is 13. The molecule has 0 fully saturated rings. The van der Waals surface area contributed by atoms with Crippen LogP contribution < -0.4 is 17.8 Å². The minimum absolute atomic E-state index is 0. The summed E-state index contributed by atoms with van der Waals surface area (Å²) in [6, 6.07) is 0.213. The van der Waals surface area contributed by atoms with Gasteiger partial charge in [-0.1, -0.05) is 104 Å². The van der Waals surface area contributed by atoms with Crippen molar-refractivity contribution in [3.8, 4) is 0 Å². The van der Waals surface area contributed by atoms with Crippen LogP contribution >= 0.6 is 0 Å². The number of aliphatic hydroxyl groups is 1. The molecular weight excluding hydrogens is 368 g/mol. The lowest BCUT2D eigenvalue weighted by atomic mass is 10.0. The second-order valence-electron chi connectivity index (χ2n) is 9.27. The first kappa shape index (κ1) is 30.4. The Bertz CT molecular complexity index is 311. The van der Waals surface area contributed by atoms with Crippen LogP contribution in [-0.2, 0) is 0 Å². The summed E-state index contributed by atoms with van der Waals surface area (Å²) < 4.78 is 0.807. The highest BCUT2D eigenvalue weighted by molar-refractivity contribution is 4.69. The van der Waals surface area contributed by atoms with Gasteiger partial charge < -0.3 is 17.5 Å². The summed E-state index contributed by atoms with van der Waals surface area (Å²) in [5, 5.41) is 10.1. The van der Waals surface area contributed by atoms with E-state index in [1.165, 1.54) is 96.3 Å². The molecule has 0 aliphatic heterocycles. The number of rotatable bonds is 20. The third kappa shape index (κ3) is 19.5. The van der Waals surface area contributed by atoms with E-state index in [-0.39, 0.29) is 24.6 Å². The van der Waals surface area contributed by atoms with Gasteiger partial charge in [-0.25, -0.2) is 0 Å². The molecule has 0 amide bonds. The van der Waals surface area contributed by atoms with Crippen LogP contribution in [0.25, 0.3) is 0 Å². The first-order valence-electron chi connectivity index (χ1n) is 12.2. The summed E-state index contributed by atoms with van der Waals surface area (Å²) in [5.74, 6) is 0. The molecule has 3 nitrogen and oxygen atoms in total. The highest BCUT2D eigenvalue weighted by atomic mass is 35.5. The topological polar surface area (TPSA) is 32.3 Å². The number of quaternary nitrogens is 1. The fourth-order valence-electron chi connectivity index (χ4n) is 3.86. The number of nitrogens with one attached hydrogen (secondary N) is 1. The van der Waals surface area contributed by atoms with Crippen molar-refractivity contribution in [3.63, 3.8) is 0 Å². The van der Waals surface area contributed by atoms with Crippen molar-refractivity contribution in [1.82, 2.24) is 5.43 Å². The Balaban J connectivity index is 0.